The van der Waals surface area contributed by atoms with Gasteiger partial charge < -0.3 is 10.6 Å². The third-order valence-electron chi connectivity index (χ3n) is 4.09. The Morgan fingerprint density at radius 3 is 2.58 bits per heavy atom. The first-order valence-electron chi connectivity index (χ1n) is 8.49. The predicted octanol–water partition coefficient (Wildman–Crippen LogP) is 3.04. The summed E-state index contributed by atoms with van der Waals surface area (Å²) < 4.78 is 1.68. The van der Waals surface area contributed by atoms with Crippen LogP contribution in [0.5, 0.6) is 0 Å². The molecule has 2 heterocycles. The first kappa shape index (κ1) is 16.0. The summed E-state index contributed by atoms with van der Waals surface area (Å²) in [4.78, 5) is 4.69. The number of nitrogens with zero attached hydrogens (tertiary/aromatic N) is 5. The summed E-state index contributed by atoms with van der Waals surface area (Å²) in [7, 11) is 0. The minimum absolute atomic E-state index is 0.612. The number of para-hydroxylation sites is 2. The predicted molar refractivity (Wildman–Crippen MR) is 103 cm³/mol. The van der Waals surface area contributed by atoms with Crippen molar-refractivity contribution in [3.63, 3.8) is 0 Å². The molecule has 0 saturated carbocycles. The normalized spacial score (nSPS) is 10.8. The van der Waals surface area contributed by atoms with Crippen molar-refractivity contribution < 1.29 is 0 Å². The Morgan fingerprint density at radius 2 is 1.69 bits per heavy atom. The van der Waals surface area contributed by atoms with Crippen LogP contribution >= 0.6 is 0 Å². The topological polar surface area (TPSA) is 80.6 Å². The van der Waals surface area contributed by atoms with E-state index in [1.165, 1.54) is 0 Å². The van der Waals surface area contributed by atoms with Crippen molar-refractivity contribution in [1.29, 1.82) is 0 Å². The molecule has 4 rings (SSSR count). The van der Waals surface area contributed by atoms with E-state index in [1.807, 2.05) is 48.5 Å². The van der Waals surface area contributed by atoms with Crippen LogP contribution in [0.25, 0.3) is 16.6 Å². The average molecular weight is 345 g/mol. The molecule has 0 spiro atoms. The molecule has 130 valence electrons. The zero-order chi connectivity index (χ0) is 17.8. The fourth-order valence-electron chi connectivity index (χ4n) is 2.80. The molecule has 7 nitrogen and oxygen atoms in total. The Labute approximate surface area is 151 Å². The van der Waals surface area contributed by atoms with Gasteiger partial charge in [-0.1, -0.05) is 41.5 Å². The van der Waals surface area contributed by atoms with Gasteiger partial charge in [0.15, 0.2) is 0 Å². The van der Waals surface area contributed by atoms with Crippen LogP contribution in [0.1, 0.15) is 5.56 Å². The lowest BCUT2D eigenvalue weighted by Gasteiger charge is -2.11. The van der Waals surface area contributed by atoms with E-state index in [0.29, 0.717) is 19.0 Å². The summed E-state index contributed by atoms with van der Waals surface area (Å²) >= 11 is 0. The van der Waals surface area contributed by atoms with Crippen molar-refractivity contribution in [3.05, 3.63) is 66.2 Å². The highest BCUT2D eigenvalue weighted by Gasteiger charge is 2.07. The number of anilines is 2. The van der Waals surface area contributed by atoms with E-state index in [0.717, 1.165) is 28.0 Å². The van der Waals surface area contributed by atoms with Crippen molar-refractivity contribution in [3.8, 4) is 5.69 Å². The van der Waals surface area contributed by atoms with Crippen molar-refractivity contribution in [2.45, 2.75) is 6.92 Å². The fraction of sp³-hybridized carbons (Fsp3) is 0.158. The van der Waals surface area contributed by atoms with E-state index in [2.05, 4.69) is 45.2 Å². The van der Waals surface area contributed by atoms with E-state index >= 15 is 0 Å². The van der Waals surface area contributed by atoms with Gasteiger partial charge in [0.25, 0.3) is 0 Å². The quantitative estimate of drug-likeness (QED) is 0.523. The van der Waals surface area contributed by atoms with Gasteiger partial charge in [0.1, 0.15) is 5.82 Å². The van der Waals surface area contributed by atoms with Gasteiger partial charge in [-0.2, -0.15) is 4.68 Å². The Hall–Kier alpha value is -3.48. The van der Waals surface area contributed by atoms with Crippen molar-refractivity contribution in [2.24, 2.45) is 0 Å². The maximum Gasteiger partial charge on any atom is 0.247 e. The number of nitrogens with one attached hydrogen (secondary N) is 2. The van der Waals surface area contributed by atoms with Crippen LogP contribution in [-0.4, -0.2) is 38.3 Å². The number of tetrazole rings is 1. The maximum absolute atomic E-state index is 4.69. The second kappa shape index (κ2) is 7.18. The van der Waals surface area contributed by atoms with Crippen molar-refractivity contribution >= 4 is 22.7 Å². The van der Waals surface area contributed by atoms with Gasteiger partial charge in [-0.05, 0) is 47.2 Å². The third-order valence-corrected chi connectivity index (χ3v) is 4.09. The van der Waals surface area contributed by atoms with E-state index in [4.69, 9.17) is 4.98 Å². The Kier molecular flexibility index (Phi) is 4.42. The second-order valence-corrected chi connectivity index (χ2v) is 5.95. The minimum atomic E-state index is 0.612. The molecule has 0 aliphatic heterocycles. The molecule has 0 saturated heterocycles. The van der Waals surface area contributed by atoms with Gasteiger partial charge in [-0.3, -0.25) is 0 Å². The highest BCUT2D eigenvalue weighted by molar-refractivity contribution is 5.81. The van der Waals surface area contributed by atoms with Crippen molar-refractivity contribution in [1.82, 2.24) is 25.2 Å². The summed E-state index contributed by atoms with van der Waals surface area (Å²) in [6, 6.07) is 20.1. The average Bonchev–Trinajstić information content (AvgIpc) is 3.14. The van der Waals surface area contributed by atoms with Gasteiger partial charge in [0, 0.05) is 18.5 Å². The molecule has 0 bridgehead atoms. The Morgan fingerprint density at radius 1 is 0.923 bits per heavy atom. The number of rotatable bonds is 6. The van der Waals surface area contributed by atoms with Crippen LogP contribution in [-0.2, 0) is 0 Å². The van der Waals surface area contributed by atoms with Gasteiger partial charge in [0.2, 0.25) is 5.95 Å². The summed E-state index contributed by atoms with van der Waals surface area (Å²) in [5, 5.41) is 19.6. The lowest BCUT2D eigenvalue weighted by Crippen LogP contribution is -2.17. The molecular formula is C19H19N7. The number of fused-ring (bicyclic) bond motifs is 1. The number of hydrogen-bond acceptors (Lipinski definition) is 6. The molecule has 0 atom stereocenters. The molecule has 2 N–H and O–H groups in total. The minimum Gasteiger partial charge on any atom is -0.368 e. The number of aryl methyl sites for hydroxylation is 1. The van der Waals surface area contributed by atoms with E-state index < -0.39 is 0 Å². The zero-order valence-corrected chi connectivity index (χ0v) is 14.4. The molecule has 2 aromatic heterocycles. The number of benzene rings is 2. The fourth-order valence-corrected chi connectivity index (χ4v) is 2.80. The van der Waals surface area contributed by atoms with E-state index in [-0.39, 0.29) is 0 Å². The van der Waals surface area contributed by atoms with E-state index in [1.54, 1.807) is 4.68 Å². The summed E-state index contributed by atoms with van der Waals surface area (Å²) in [6.07, 6.45) is 0. The van der Waals surface area contributed by atoms with Gasteiger partial charge in [-0.15, -0.1) is 0 Å². The van der Waals surface area contributed by atoms with Crippen LogP contribution in [0.15, 0.2) is 60.7 Å². The molecule has 0 amide bonds. The third kappa shape index (κ3) is 3.32. The smallest absolute Gasteiger partial charge is 0.247 e. The van der Waals surface area contributed by atoms with Crippen molar-refractivity contribution in [2.75, 3.05) is 23.7 Å². The summed E-state index contributed by atoms with van der Waals surface area (Å²) in [5.41, 5.74) is 3.03. The molecule has 2 aromatic carbocycles. The van der Waals surface area contributed by atoms with Crippen LogP contribution in [0.4, 0.5) is 11.8 Å². The van der Waals surface area contributed by atoms with Crippen LogP contribution in [0.2, 0.25) is 0 Å². The van der Waals surface area contributed by atoms with Gasteiger partial charge in [0.05, 0.1) is 11.2 Å². The molecule has 7 heteroatoms. The maximum atomic E-state index is 4.69. The number of hydrogen-bond donors (Lipinski definition) is 2. The van der Waals surface area contributed by atoms with E-state index in [9.17, 15) is 0 Å². The molecule has 0 radical (unpaired) electrons. The van der Waals surface area contributed by atoms with Gasteiger partial charge >= 0.3 is 0 Å². The van der Waals surface area contributed by atoms with Gasteiger partial charge in [-0.25, -0.2) is 4.98 Å². The highest BCUT2D eigenvalue weighted by Crippen LogP contribution is 2.19. The monoisotopic (exact) mass is 345 g/mol. The molecule has 0 aliphatic rings. The molecule has 0 fully saturated rings. The first-order chi connectivity index (χ1) is 12.8. The second-order valence-electron chi connectivity index (χ2n) is 5.95. The molecule has 0 aliphatic carbocycles. The van der Waals surface area contributed by atoms with Crippen LogP contribution in [0, 0.1) is 6.92 Å². The SMILES string of the molecule is Cc1cc2ccccc2nc1NCCNc1nnnn1-c1ccccc1. The molecule has 26 heavy (non-hydrogen) atoms. The number of pyridine rings is 1. The Balaban J connectivity index is 1.39. The standard InChI is InChI=1S/C19H19N7/c1-14-13-15-7-5-6-10-17(15)22-18(14)20-11-12-21-19-23-24-25-26(19)16-8-3-2-4-9-16/h2-10,13H,11-12H2,1H3,(H,20,22)(H,21,23,25). The zero-order valence-electron chi connectivity index (χ0n) is 14.4. The molecular weight excluding hydrogens is 326 g/mol. The summed E-state index contributed by atoms with van der Waals surface area (Å²) in [5.74, 6) is 1.51. The highest BCUT2D eigenvalue weighted by atomic mass is 15.6. The largest absolute Gasteiger partial charge is 0.368 e. The number of aromatic nitrogens is 5. The van der Waals surface area contributed by atoms with Crippen LogP contribution in [0.3, 0.4) is 0 Å². The lowest BCUT2D eigenvalue weighted by atomic mass is 10.1. The Bertz CT molecular complexity index is 1010. The lowest BCUT2D eigenvalue weighted by molar-refractivity contribution is 0.789. The molecule has 4 aromatic rings. The molecule has 0 unspecified atom stereocenters. The first-order valence-corrected chi connectivity index (χ1v) is 8.49. The summed E-state index contributed by atoms with van der Waals surface area (Å²) in [6.45, 7) is 3.43. The van der Waals surface area contributed by atoms with Crippen LogP contribution < -0.4 is 10.6 Å².